The van der Waals surface area contributed by atoms with Crippen molar-refractivity contribution in [1.82, 2.24) is 0 Å². The Morgan fingerprint density at radius 2 is 2.00 bits per heavy atom. The molecule has 5 nitrogen and oxygen atoms in total. The number of carbonyl (C=O) groups excluding carboxylic acids is 1. The average molecular weight is 343 g/mol. The number of benzene rings is 1. The molecule has 0 aliphatic heterocycles. The van der Waals surface area contributed by atoms with E-state index >= 15 is 0 Å². The first-order valence-electron chi connectivity index (χ1n) is 6.21. The zero-order valence-electron chi connectivity index (χ0n) is 11.9. The molecule has 22 heavy (non-hydrogen) atoms. The molecule has 0 atom stereocenters. The number of nitrogens with one attached hydrogen (secondary N) is 1. The van der Waals surface area contributed by atoms with Gasteiger partial charge in [0.1, 0.15) is 12.4 Å². The molecule has 1 aromatic rings. The summed E-state index contributed by atoms with van der Waals surface area (Å²) >= 11 is 0. The van der Waals surface area contributed by atoms with E-state index < -0.39 is 17.6 Å². The van der Waals surface area contributed by atoms with Gasteiger partial charge in [0.25, 0.3) is 0 Å². The minimum absolute atomic E-state index is 0. The predicted octanol–water partition coefficient (Wildman–Crippen LogP) is 2.44. The summed E-state index contributed by atoms with van der Waals surface area (Å²) in [6.07, 6.45) is -4.49. The molecule has 3 N–H and O–H groups in total. The highest BCUT2D eigenvalue weighted by Crippen LogP contribution is 2.35. The number of rotatable bonds is 7. The molecule has 0 aliphatic rings. The first-order valence-corrected chi connectivity index (χ1v) is 6.21. The Morgan fingerprint density at radius 3 is 2.55 bits per heavy atom. The van der Waals surface area contributed by atoms with Crippen LogP contribution in [0, 0.1) is 0 Å². The van der Waals surface area contributed by atoms with Gasteiger partial charge < -0.3 is 20.5 Å². The molecule has 0 saturated carbocycles. The highest BCUT2D eigenvalue weighted by Gasteiger charge is 2.31. The molecule has 1 aromatic carbocycles. The standard InChI is InChI=1S/C13H17F3N2O3.ClH/c1-20-6-7-21-11-3-2-9(13(14,15)16)8-10(11)18-12(19)4-5-17;/h2-3,8H,4-7,17H2,1H3,(H,18,19);1H. The first-order chi connectivity index (χ1) is 9.88. The summed E-state index contributed by atoms with van der Waals surface area (Å²) in [4.78, 5) is 11.5. The number of alkyl halides is 3. The van der Waals surface area contributed by atoms with Gasteiger partial charge in [0, 0.05) is 20.1 Å². The van der Waals surface area contributed by atoms with Crippen LogP contribution in [-0.2, 0) is 15.7 Å². The number of carbonyl (C=O) groups is 1. The molecule has 0 heterocycles. The van der Waals surface area contributed by atoms with E-state index in [2.05, 4.69) is 5.32 Å². The molecule has 1 rings (SSSR count). The topological polar surface area (TPSA) is 73.6 Å². The largest absolute Gasteiger partial charge is 0.489 e. The van der Waals surface area contributed by atoms with Crippen LogP contribution in [0.3, 0.4) is 0 Å². The van der Waals surface area contributed by atoms with E-state index in [9.17, 15) is 18.0 Å². The highest BCUT2D eigenvalue weighted by atomic mass is 35.5. The second kappa shape index (κ2) is 9.50. The summed E-state index contributed by atoms with van der Waals surface area (Å²) in [6.45, 7) is 0.531. The van der Waals surface area contributed by atoms with Crippen molar-refractivity contribution in [3.63, 3.8) is 0 Å². The van der Waals surface area contributed by atoms with E-state index in [1.54, 1.807) is 0 Å². The number of hydrogen-bond acceptors (Lipinski definition) is 4. The molecule has 0 fully saturated rings. The van der Waals surface area contributed by atoms with E-state index in [0.717, 1.165) is 18.2 Å². The van der Waals surface area contributed by atoms with Crippen molar-refractivity contribution in [3.8, 4) is 5.75 Å². The van der Waals surface area contributed by atoms with Crippen molar-refractivity contribution in [1.29, 1.82) is 0 Å². The SMILES string of the molecule is COCCOc1ccc(C(F)(F)F)cc1NC(=O)CCN.Cl. The van der Waals surface area contributed by atoms with Crippen molar-refractivity contribution in [3.05, 3.63) is 23.8 Å². The van der Waals surface area contributed by atoms with Gasteiger partial charge in [-0.05, 0) is 18.2 Å². The van der Waals surface area contributed by atoms with Gasteiger partial charge in [-0.25, -0.2) is 0 Å². The number of nitrogens with two attached hydrogens (primary N) is 1. The van der Waals surface area contributed by atoms with Crippen molar-refractivity contribution < 1.29 is 27.4 Å². The second-order valence-electron chi connectivity index (χ2n) is 4.14. The lowest BCUT2D eigenvalue weighted by atomic mass is 10.1. The third-order valence-corrected chi connectivity index (χ3v) is 2.50. The maximum Gasteiger partial charge on any atom is 0.416 e. The number of hydrogen-bond donors (Lipinski definition) is 2. The normalized spacial score (nSPS) is 10.8. The monoisotopic (exact) mass is 342 g/mol. The van der Waals surface area contributed by atoms with Crippen LogP contribution in [0.4, 0.5) is 18.9 Å². The van der Waals surface area contributed by atoms with Crippen LogP contribution in [-0.4, -0.2) is 32.8 Å². The molecule has 0 saturated heterocycles. The highest BCUT2D eigenvalue weighted by molar-refractivity contribution is 5.92. The Balaban J connectivity index is 0.00000441. The summed E-state index contributed by atoms with van der Waals surface area (Å²) in [7, 11) is 1.47. The van der Waals surface area contributed by atoms with Crippen molar-refractivity contribution in [2.24, 2.45) is 5.73 Å². The van der Waals surface area contributed by atoms with Crippen LogP contribution >= 0.6 is 12.4 Å². The third-order valence-electron chi connectivity index (χ3n) is 2.50. The average Bonchev–Trinajstić information content (AvgIpc) is 2.39. The number of halogens is 4. The lowest BCUT2D eigenvalue weighted by Crippen LogP contribution is -2.18. The van der Waals surface area contributed by atoms with E-state index in [1.807, 2.05) is 0 Å². The Hall–Kier alpha value is -1.51. The predicted molar refractivity (Wildman–Crippen MR) is 78.4 cm³/mol. The Bertz CT molecular complexity index is 484. The van der Waals surface area contributed by atoms with Gasteiger partial charge >= 0.3 is 6.18 Å². The van der Waals surface area contributed by atoms with E-state index in [-0.39, 0.29) is 50.0 Å². The smallest absolute Gasteiger partial charge is 0.416 e. The molecular weight excluding hydrogens is 325 g/mol. The summed E-state index contributed by atoms with van der Waals surface area (Å²) in [5.74, 6) is -0.334. The van der Waals surface area contributed by atoms with Crippen LogP contribution in [0.1, 0.15) is 12.0 Å². The molecule has 0 aliphatic carbocycles. The molecule has 0 unspecified atom stereocenters. The summed E-state index contributed by atoms with van der Waals surface area (Å²) in [5.41, 5.74) is 4.32. The summed E-state index contributed by atoms with van der Waals surface area (Å²) in [5, 5.41) is 2.37. The molecule has 9 heteroatoms. The first kappa shape index (κ1) is 20.5. The fourth-order valence-corrected chi connectivity index (χ4v) is 1.51. The zero-order chi connectivity index (χ0) is 15.9. The lowest BCUT2D eigenvalue weighted by molar-refractivity contribution is -0.137. The van der Waals surface area contributed by atoms with Crippen LogP contribution in [0.25, 0.3) is 0 Å². The van der Waals surface area contributed by atoms with Gasteiger partial charge in [-0.2, -0.15) is 13.2 Å². The molecule has 0 aromatic heterocycles. The second-order valence-corrected chi connectivity index (χ2v) is 4.14. The van der Waals surface area contributed by atoms with Crippen LogP contribution in [0.2, 0.25) is 0 Å². The maximum absolute atomic E-state index is 12.7. The van der Waals surface area contributed by atoms with E-state index in [4.69, 9.17) is 15.2 Å². The van der Waals surface area contributed by atoms with Crippen molar-refractivity contribution in [2.75, 3.05) is 32.2 Å². The van der Waals surface area contributed by atoms with Gasteiger partial charge in [-0.1, -0.05) is 0 Å². The minimum atomic E-state index is -4.50. The molecule has 0 spiro atoms. The number of anilines is 1. The Morgan fingerprint density at radius 1 is 1.32 bits per heavy atom. The molecular formula is C13H18ClF3N2O3. The fraction of sp³-hybridized carbons (Fsp3) is 0.462. The van der Waals surface area contributed by atoms with Crippen molar-refractivity contribution >= 4 is 24.0 Å². The fourth-order valence-electron chi connectivity index (χ4n) is 1.51. The molecule has 1 amide bonds. The quantitative estimate of drug-likeness (QED) is 0.746. The maximum atomic E-state index is 12.7. The Kier molecular flexibility index (Phi) is 8.84. The van der Waals surface area contributed by atoms with Gasteiger partial charge in [0.05, 0.1) is 17.9 Å². The minimum Gasteiger partial charge on any atom is -0.489 e. The summed E-state index contributed by atoms with van der Waals surface area (Å²) in [6, 6.07) is 2.88. The van der Waals surface area contributed by atoms with Gasteiger partial charge in [0.15, 0.2) is 0 Å². The van der Waals surface area contributed by atoms with Gasteiger partial charge in [-0.15, -0.1) is 12.4 Å². The summed E-state index contributed by atoms with van der Waals surface area (Å²) < 4.78 is 48.2. The van der Waals surface area contributed by atoms with Gasteiger partial charge in [-0.3, -0.25) is 4.79 Å². The zero-order valence-corrected chi connectivity index (χ0v) is 12.7. The van der Waals surface area contributed by atoms with E-state index in [1.165, 1.54) is 7.11 Å². The lowest BCUT2D eigenvalue weighted by Gasteiger charge is -2.15. The van der Waals surface area contributed by atoms with Gasteiger partial charge in [0.2, 0.25) is 5.91 Å². The number of methoxy groups -OCH3 is 1. The van der Waals surface area contributed by atoms with Crippen LogP contribution in [0.5, 0.6) is 5.75 Å². The van der Waals surface area contributed by atoms with E-state index in [0.29, 0.717) is 0 Å². The Labute approximate surface area is 132 Å². The molecule has 0 bridgehead atoms. The van der Waals surface area contributed by atoms with Crippen molar-refractivity contribution in [2.45, 2.75) is 12.6 Å². The number of amides is 1. The number of ether oxygens (including phenoxy) is 2. The third kappa shape index (κ3) is 6.50. The van der Waals surface area contributed by atoms with Crippen LogP contribution in [0.15, 0.2) is 18.2 Å². The molecule has 126 valence electrons. The molecule has 0 radical (unpaired) electrons. The van der Waals surface area contributed by atoms with Crippen LogP contribution < -0.4 is 15.8 Å².